The third-order valence-corrected chi connectivity index (χ3v) is 3.55. The number of halogens is 1. The zero-order valence-corrected chi connectivity index (χ0v) is 10.7. The molecule has 0 aromatic heterocycles. The van der Waals surface area contributed by atoms with E-state index in [0.717, 1.165) is 13.1 Å². The molecule has 0 radical (unpaired) electrons. The number of rotatable bonds is 2. The second-order valence-electron chi connectivity index (χ2n) is 5.48. The lowest BCUT2D eigenvalue weighted by molar-refractivity contribution is 0.284. The van der Waals surface area contributed by atoms with Crippen molar-refractivity contribution in [2.45, 2.75) is 26.8 Å². The molecule has 0 unspecified atom stereocenters. The average Bonchev–Trinajstić information content (AvgIpc) is 2.52. The van der Waals surface area contributed by atoms with Crippen LogP contribution in [0.15, 0.2) is 18.2 Å². The molecule has 0 spiro atoms. The van der Waals surface area contributed by atoms with Crippen LogP contribution in [-0.4, -0.2) is 18.0 Å². The maximum absolute atomic E-state index is 6.01. The van der Waals surface area contributed by atoms with Gasteiger partial charge < -0.3 is 5.73 Å². The van der Waals surface area contributed by atoms with Gasteiger partial charge in [0.25, 0.3) is 0 Å². The van der Waals surface area contributed by atoms with E-state index >= 15 is 0 Å². The summed E-state index contributed by atoms with van der Waals surface area (Å²) in [5, 5.41) is 0.663. The van der Waals surface area contributed by atoms with Gasteiger partial charge in [-0.1, -0.05) is 31.5 Å². The van der Waals surface area contributed by atoms with Crippen LogP contribution in [0.5, 0.6) is 0 Å². The van der Waals surface area contributed by atoms with Gasteiger partial charge in [-0.05, 0) is 36.1 Å². The van der Waals surface area contributed by atoms with Crippen LogP contribution in [-0.2, 0) is 6.54 Å². The van der Waals surface area contributed by atoms with Crippen molar-refractivity contribution in [2.75, 3.05) is 18.8 Å². The Bertz CT molecular complexity index is 388. The molecule has 0 atom stereocenters. The molecule has 2 rings (SSSR count). The zero-order valence-electron chi connectivity index (χ0n) is 9.96. The van der Waals surface area contributed by atoms with Crippen molar-refractivity contribution in [3.8, 4) is 0 Å². The third kappa shape index (κ3) is 2.69. The first-order valence-electron chi connectivity index (χ1n) is 5.73. The van der Waals surface area contributed by atoms with E-state index < -0.39 is 0 Å². The van der Waals surface area contributed by atoms with Crippen LogP contribution in [0.3, 0.4) is 0 Å². The maximum Gasteiger partial charge on any atom is 0.0638 e. The van der Waals surface area contributed by atoms with Crippen LogP contribution in [0.4, 0.5) is 5.69 Å². The lowest BCUT2D eigenvalue weighted by Gasteiger charge is -2.19. The Labute approximate surface area is 102 Å². The molecule has 1 aromatic rings. The Morgan fingerprint density at radius 1 is 1.44 bits per heavy atom. The Morgan fingerprint density at radius 3 is 2.75 bits per heavy atom. The quantitative estimate of drug-likeness (QED) is 0.802. The van der Waals surface area contributed by atoms with Gasteiger partial charge in [-0.15, -0.1) is 0 Å². The first-order valence-corrected chi connectivity index (χ1v) is 6.10. The largest absolute Gasteiger partial charge is 0.398 e. The van der Waals surface area contributed by atoms with Crippen molar-refractivity contribution in [3.63, 3.8) is 0 Å². The van der Waals surface area contributed by atoms with Crippen LogP contribution >= 0.6 is 11.6 Å². The standard InChI is InChI=1S/C13H19ClN2/c1-13(2)5-6-16(9-13)8-10-3-4-12(15)11(14)7-10/h3-4,7H,5-6,8-9,15H2,1-2H3. The first-order chi connectivity index (χ1) is 7.46. The minimum absolute atomic E-state index is 0.456. The highest BCUT2D eigenvalue weighted by Gasteiger charge is 2.28. The van der Waals surface area contributed by atoms with Crippen LogP contribution in [0.1, 0.15) is 25.8 Å². The Hall–Kier alpha value is -0.730. The maximum atomic E-state index is 6.01. The smallest absolute Gasteiger partial charge is 0.0638 e. The van der Waals surface area contributed by atoms with Crippen molar-refractivity contribution < 1.29 is 0 Å². The van der Waals surface area contributed by atoms with Gasteiger partial charge in [0.2, 0.25) is 0 Å². The number of nitrogen functional groups attached to an aromatic ring is 1. The number of hydrogen-bond acceptors (Lipinski definition) is 2. The highest BCUT2D eigenvalue weighted by atomic mass is 35.5. The van der Waals surface area contributed by atoms with E-state index in [0.29, 0.717) is 16.1 Å². The summed E-state index contributed by atoms with van der Waals surface area (Å²) in [7, 11) is 0. The third-order valence-electron chi connectivity index (χ3n) is 3.23. The first kappa shape index (κ1) is 11.7. The molecule has 1 aliphatic rings. The lowest BCUT2D eigenvalue weighted by Crippen LogP contribution is -2.22. The fourth-order valence-corrected chi connectivity index (χ4v) is 2.49. The molecule has 1 heterocycles. The van der Waals surface area contributed by atoms with E-state index in [-0.39, 0.29) is 0 Å². The van der Waals surface area contributed by atoms with E-state index in [1.807, 2.05) is 12.1 Å². The summed E-state index contributed by atoms with van der Waals surface area (Å²) < 4.78 is 0. The van der Waals surface area contributed by atoms with E-state index in [2.05, 4.69) is 24.8 Å². The molecule has 1 saturated heterocycles. The number of hydrogen-bond donors (Lipinski definition) is 1. The summed E-state index contributed by atoms with van der Waals surface area (Å²) in [6.07, 6.45) is 1.27. The fraction of sp³-hybridized carbons (Fsp3) is 0.538. The molecule has 1 fully saturated rings. The van der Waals surface area contributed by atoms with Crippen LogP contribution in [0.25, 0.3) is 0 Å². The fourth-order valence-electron chi connectivity index (χ4n) is 2.29. The van der Waals surface area contributed by atoms with Crippen molar-refractivity contribution in [3.05, 3.63) is 28.8 Å². The second kappa shape index (κ2) is 4.27. The molecule has 88 valence electrons. The summed E-state index contributed by atoms with van der Waals surface area (Å²) in [4.78, 5) is 2.47. The molecular formula is C13H19ClN2. The molecule has 0 amide bonds. The van der Waals surface area contributed by atoms with Gasteiger partial charge in [-0.3, -0.25) is 4.90 Å². The summed E-state index contributed by atoms with van der Waals surface area (Å²) in [6.45, 7) is 7.96. The minimum Gasteiger partial charge on any atom is -0.398 e. The summed E-state index contributed by atoms with van der Waals surface area (Å²) >= 11 is 6.01. The van der Waals surface area contributed by atoms with Gasteiger partial charge >= 0.3 is 0 Å². The molecule has 0 aliphatic carbocycles. The molecule has 0 saturated carbocycles. The molecule has 16 heavy (non-hydrogen) atoms. The number of likely N-dealkylation sites (tertiary alicyclic amines) is 1. The second-order valence-corrected chi connectivity index (χ2v) is 5.89. The number of nitrogens with two attached hydrogens (primary N) is 1. The molecule has 1 aliphatic heterocycles. The van der Waals surface area contributed by atoms with Crippen molar-refractivity contribution >= 4 is 17.3 Å². The highest BCUT2D eigenvalue weighted by molar-refractivity contribution is 6.33. The minimum atomic E-state index is 0.456. The van der Waals surface area contributed by atoms with Gasteiger partial charge in [-0.25, -0.2) is 0 Å². The molecule has 0 bridgehead atoms. The van der Waals surface area contributed by atoms with Crippen molar-refractivity contribution in [2.24, 2.45) is 5.41 Å². The van der Waals surface area contributed by atoms with Gasteiger partial charge in [0.15, 0.2) is 0 Å². The normalized spacial score (nSPS) is 20.2. The van der Waals surface area contributed by atoms with Crippen LogP contribution in [0.2, 0.25) is 5.02 Å². The van der Waals surface area contributed by atoms with E-state index in [1.54, 1.807) is 0 Å². The van der Waals surface area contributed by atoms with Crippen LogP contribution in [0, 0.1) is 5.41 Å². The summed E-state index contributed by atoms with van der Waals surface area (Å²) in [5.41, 5.74) is 8.06. The van der Waals surface area contributed by atoms with Gasteiger partial charge in [0.1, 0.15) is 0 Å². The van der Waals surface area contributed by atoms with Crippen molar-refractivity contribution in [1.29, 1.82) is 0 Å². The SMILES string of the molecule is CC1(C)CCN(Cc2ccc(N)c(Cl)c2)C1. The van der Waals surface area contributed by atoms with E-state index in [4.69, 9.17) is 17.3 Å². The predicted molar refractivity (Wildman–Crippen MR) is 69.5 cm³/mol. The van der Waals surface area contributed by atoms with Gasteiger partial charge in [-0.2, -0.15) is 0 Å². The summed E-state index contributed by atoms with van der Waals surface area (Å²) in [6, 6.07) is 5.92. The topological polar surface area (TPSA) is 29.3 Å². The Morgan fingerprint density at radius 2 is 2.19 bits per heavy atom. The number of nitrogens with zero attached hydrogens (tertiary/aromatic N) is 1. The molecule has 2 N–H and O–H groups in total. The average molecular weight is 239 g/mol. The molecule has 3 heteroatoms. The predicted octanol–water partition coefficient (Wildman–Crippen LogP) is 3.15. The summed E-state index contributed by atoms with van der Waals surface area (Å²) in [5.74, 6) is 0. The molecule has 1 aromatic carbocycles. The monoisotopic (exact) mass is 238 g/mol. The molecule has 2 nitrogen and oxygen atoms in total. The number of benzene rings is 1. The highest BCUT2D eigenvalue weighted by Crippen LogP contribution is 2.30. The zero-order chi connectivity index (χ0) is 11.8. The van der Waals surface area contributed by atoms with Crippen molar-refractivity contribution in [1.82, 2.24) is 4.90 Å². The van der Waals surface area contributed by atoms with Crippen LogP contribution < -0.4 is 5.73 Å². The molecular weight excluding hydrogens is 220 g/mol. The van der Waals surface area contributed by atoms with Gasteiger partial charge in [0.05, 0.1) is 10.7 Å². The lowest BCUT2D eigenvalue weighted by atomic mass is 9.93. The number of anilines is 1. The van der Waals surface area contributed by atoms with Gasteiger partial charge in [0, 0.05) is 13.1 Å². The Kier molecular flexibility index (Phi) is 3.13. The van der Waals surface area contributed by atoms with E-state index in [1.165, 1.54) is 18.5 Å². The van der Waals surface area contributed by atoms with E-state index in [9.17, 15) is 0 Å². The Balaban J connectivity index is 2.02.